The molecule has 0 saturated heterocycles. The van der Waals surface area contributed by atoms with Crippen molar-refractivity contribution in [3.63, 3.8) is 0 Å². The van der Waals surface area contributed by atoms with Crippen molar-refractivity contribution >= 4 is 35.0 Å². The summed E-state index contributed by atoms with van der Waals surface area (Å²) in [6, 6.07) is 23.0. The van der Waals surface area contributed by atoms with E-state index < -0.39 is 11.9 Å². The zero-order chi connectivity index (χ0) is 20.8. The zero-order valence-electron chi connectivity index (χ0n) is 15.7. The molecule has 0 spiro atoms. The molecule has 0 aliphatic carbocycles. The SMILES string of the molecule is CNC(=O)C(NC(=O)c1cc(Cl)cc(Cl)c1)C(c1ccccc1)c1ccccc1. The van der Waals surface area contributed by atoms with Crippen LogP contribution >= 0.6 is 23.2 Å². The Hall–Kier alpha value is -2.82. The molecule has 6 heteroatoms. The van der Waals surface area contributed by atoms with Gasteiger partial charge in [-0.1, -0.05) is 83.9 Å². The predicted octanol–water partition coefficient (Wildman–Crippen LogP) is 4.67. The van der Waals surface area contributed by atoms with Gasteiger partial charge in [0, 0.05) is 28.6 Å². The molecule has 3 aromatic rings. The number of carbonyl (C=O) groups excluding carboxylic acids is 2. The third-order valence-electron chi connectivity index (χ3n) is 4.59. The van der Waals surface area contributed by atoms with Crippen LogP contribution in [0.15, 0.2) is 78.9 Å². The Morgan fingerprint density at radius 2 is 1.28 bits per heavy atom. The quantitative estimate of drug-likeness (QED) is 0.601. The third-order valence-corrected chi connectivity index (χ3v) is 5.03. The fourth-order valence-corrected chi connectivity index (χ4v) is 3.79. The Kier molecular flexibility index (Phi) is 6.91. The lowest BCUT2D eigenvalue weighted by atomic mass is 9.84. The van der Waals surface area contributed by atoms with Gasteiger partial charge in [0.2, 0.25) is 5.91 Å². The van der Waals surface area contributed by atoms with Crippen LogP contribution in [0.2, 0.25) is 10.0 Å². The van der Waals surface area contributed by atoms with Crippen molar-refractivity contribution in [2.24, 2.45) is 0 Å². The Morgan fingerprint density at radius 3 is 1.72 bits per heavy atom. The molecule has 4 nitrogen and oxygen atoms in total. The smallest absolute Gasteiger partial charge is 0.252 e. The normalized spacial score (nSPS) is 11.7. The molecule has 0 aromatic heterocycles. The number of benzene rings is 3. The van der Waals surface area contributed by atoms with Crippen LogP contribution in [0.5, 0.6) is 0 Å². The summed E-state index contributed by atoms with van der Waals surface area (Å²) in [6.07, 6.45) is 0. The molecular formula is C23H20Cl2N2O2. The number of hydrogen-bond donors (Lipinski definition) is 2. The number of halogens is 2. The number of likely N-dealkylation sites (N-methyl/N-ethyl adjacent to an activating group) is 1. The number of nitrogens with one attached hydrogen (secondary N) is 2. The molecule has 0 heterocycles. The van der Waals surface area contributed by atoms with Gasteiger partial charge in [0.25, 0.3) is 5.91 Å². The van der Waals surface area contributed by atoms with Gasteiger partial charge in [0.05, 0.1) is 0 Å². The summed E-state index contributed by atoms with van der Waals surface area (Å²) in [6.45, 7) is 0. The Labute approximate surface area is 179 Å². The Morgan fingerprint density at radius 1 is 0.793 bits per heavy atom. The van der Waals surface area contributed by atoms with Gasteiger partial charge in [0.1, 0.15) is 6.04 Å². The molecule has 29 heavy (non-hydrogen) atoms. The van der Waals surface area contributed by atoms with Gasteiger partial charge in [-0.2, -0.15) is 0 Å². The van der Waals surface area contributed by atoms with Crippen molar-refractivity contribution in [2.45, 2.75) is 12.0 Å². The number of amides is 2. The van der Waals surface area contributed by atoms with Crippen molar-refractivity contribution in [3.8, 4) is 0 Å². The summed E-state index contributed by atoms with van der Waals surface area (Å²) >= 11 is 12.1. The molecule has 2 N–H and O–H groups in total. The number of hydrogen-bond acceptors (Lipinski definition) is 2. The van der Waals surface area contributed by atoms with Crippen LogP contribution in [0, 0.1) is 0 Å². The van der Waals surface area contributed by atoms with Crippen LogP contribution in [0.4, 0.5) is 0 Å². The molecule has 0 fully saturated rings. The van der Waals surface area contributed by atoms with Gasteiger partial charge in [-0.3, -0.25) is 9.59 Å². The van der Waals surface area contributed by atoms with E-state index in [9.17, 15) is 9.59 Å². The van der Waals surface area contributed by atoms with Crippen LogP contribution in [0.25, 0.3) is 0 Å². The Balaban J connectivity index is 2.02. The fraction of sp³-hybridized carbons (Fsp3) is 0.130. The molecule has 0 saturated carbocycles. The number of rotatable bonds is 6. The van der Waals surface area contributed by atoms with Gasteiger partial charge < -0.3 is 10.6 Å². The van der Waals surface area contributed by atoms with Crippen LogP contribution < -0.4 is 10.6 Å². The first-order valence-electron chi connectivity index (χ1n) is 9.08. The molecule has 1 atom stereocenters. The highest BCUT2D eigenvalue weighted by atomic mass is 35.5. The van der Waals surface area contributed by atoms with E-state index in [1.54, 1.807) is 13.1 Å². The van der Waals surface area contributed by atoms with E-state index in [1.807, 2.05) is 60.7 Å². The molecule has 0 aliphatic heterocycles. The molecule has 3 rings (SSSR count). The maximum atomic E-state index is 12.9. The van der Waals surface area contributed by atoms with Crippen molar-refractivity contribution in [3.05, 3.63) is 106 Å². The molecule has 1 unspecified atom stereocenters. The van der Waals surface area contributed by atoms with E-state index >= 15 is 0 Å². The average molecular weight is 427 g/mol. The van der Waals surface area contributed by atoms with E-state index in [0.717, 1.165) is 11.1 Å². The van der Waals surface area contributed by atoms with E-state index in [0.29, 0.717) is 10.0 Å². The van der Waals surface area contributed by atoms with Crippen molar-refractivity contribution in [1.82, 2.24) is 10.6 Å². The van der Waals surface area contributed by atoms with Crippen molar-refractivity contribution in [2.75, 3.05) is 7.05 Å². The van der Waals surface area contributed by atoms with E-state index in [4.69, 9.17) is 23.2 Å². The summed E-state index contributed by atoms with van der Waals surface area (Å²) < 4.78 is 0. The van der Waals surface area contributed by atoms with Gasteiger partial charge in [-0.15, -0.1) is 0 Å². The molecule has 0 radical (unpaired) electrons. The van der Waals surface area contributed by atoms with Gasteiger partial charge in [0.15, 0.2) is 0 Å². The fourth-order valence-electron chi connectivity index (χ4n) is 3.26. The minimum Gasteiger partial charge on any atom is -0.357 e. The lowest BCUT2D eigenvalue weighted by molar-refractivity contribution is -0.122. The second kappa shape index (κ2) is 9.59. The predicted molar refractivity (Wildman–Crippen MR) is 117 cm³/mol. The zero-order valence-corrected chi connectivity index (χ0v) is 17.2. The monoisotopic (exact) mass is 426 g/mol. The summed E-state index contributed by atoms with van der Waals surface area (Å²) in [5.41, 5.74) is 2.12. The lowest BCUT2D eigenvalue weighted by Gasteiger charge is -2.28. The van der Waals surface area contributed by atoms with Gasteiger partial charge >= 0.3 is 0 Å². The molecule has 0 aliphatic rings. The first-order valence-corrected chi connectivity index (χ1v) is 9.83. The van der Waals surface area contributed by atoms with E-state index in [-0.39, 0.29) is 17.4 Å². The summed E-state index contributed by atoms with van der Waals surface area (Å²) in [5.74, 6) is -1.11. The van der Waals surface area contributed by atoms with E-state index in [2.05, 4.69) is 10.6 Å². The lowest BCUT2D eigenvalue weighted by Crippen LogP contribution is -2.49. The maximum absolute atomic E-state index is 12.9. The minimum absolute atomic E-state index is 0.288. The topological polar surface area (TPSA) is 58.2 Å². The van der Waals surface area contributed by atoms with Crippen LogP contribution in [-0.4, -0.2) is 24.9 Å². The van der Waals surface area contributed by atoms with Crippen LogP contribution in [0.1, 0.15) is 27.4 Å². The van der Waals surface area contributed by atoms with Crippen LogP contribution in [-0.2, 0) is 4.79 Å². The molecular weight excluding hydrogens is 407 g/mol. The molecule has 148 valence electrons. The largest absolute Gasteiger partial charge is 0.357 e. The Bertz CT molecular complexity index is 935. The second-order valence-electron chi connectivity index (χ2n) is 6.52. The highest BCUT2D eigenvalue weighted by Crippen LogP contribution is 2.29. The van der Waals surface area contributed by atoms with Crippen molar-refractivity contribution in [1.29, 1.82) is 0 Å². The van der Waals surface area contributed by atoms with Gasteiger partial charge in [-0.05, 0) is 29.3 Å². The summed E-state index contributed by atoms with van der Waals surface area (Å²) in [4.78, 5) is 25.8. The first kappa shape index (κ1) is 20.9. The molecule has 3 aromatic carbocycles. The molecule has 2 amide bonds. The highest BCUT2D eigenvalue weighted by molar-refractivity contribution is 6.35. The van der Waals surface area contributed by atoms with E-state index in [1.165, 1.54) is 12.1 Å². The standard InChI is InChI=1S/C23H20Cl2N2O2/c1-26-23(29)21(27-22(28)17-12-18(24)14-19(25)13-17)20(15-8-4-2-5-9-15)16-10-6-3-7-11-16/h2-14,20-21H,1H3,(H,26,29)(H,27,28). The average Bonchev–Trinajstić information content (AvgIpc) is 2.73. The highest BCUT2D eigenvalue weighted by Gasteiger charge is 2.32. The maximum Gasteiger partial charge on any atom is 0.252 e. The first-order chi connectivity index (χ1) is 14.0. The summed E-state index contributed by atoms with van der Waals surface area (Å²) in [5, 5.41) is 6.22. The number of carbonyl (C=O) groups is 2. The minimum atomic E-state index is -0.838. The second-order valence-corrected chi connectivity index (χ2v) is 7.40. The summed E-state index contributed by atoms with van der Waals surface area (Å²) in [7, 11) is 1.55. The van der Waals surface area contributed by atoms with Gasteiger partial charge in [-0.25, -0.2) is 0 Å². The third kappa shape index (κ3) is 5.17. The molecule has 0 bridgehead atoms. The van der Waals surface area contributed by atoms with Crippen molar-refractivity contribution < 1.29 is 9.59 Å². The van der Waals surface area contributed by atoms with Crippen LogP contribution in [0.3, 0.4) is 0 Å².